The standard InChI is InChI=1S/C24H19F5N2O5/c25-18-19(26)21(28)23(22(29)20(18)27)33-11-14-2-4-16(36-14)24(32)31-7-5-30(6-8-31)10-13-1-3-15-17(9-13)35-12-34-15/h1-4,9H,5-8,10-12H2/p+1. The third kappa shape index (κ3) is 4.55. The SMILES string of the molecule is O=C(c1ccc(COc2c(F)c(F)c(F)c(F)c2F)o1)N1CC[NH+](Cc2ccc3c(c2)OCO3)CC1. The molecule has 0 bridgehead atoms. The van der Waals surface area contributed by atoms with E-state index in [1.54, 1.807) is 4.90 Å². The molecule has 190 valence electrons. The van der Waals surface area contributed by atoms with Crippen LogP contribution in [0, 0.1) is 29.1 Å². The number of ether oxygens (including phenoxy) is 3. The molecular formula is C24H20F5N2O5+. The lowest BCUT2D eigenvalue weighted by molar-refractivity contribution is -0.917. The van der Waals surface area contributed by atoms with Gasteiger partial charge in [0.15, 0.2) is 23.0 Å². The highest BCUT2D eigenvalue weighted by Crippen LogP contribution is 2.32. The van der Waals surface area contributed by atoms with E-state index in [1.807, 2.05) is 18.2 Å². The van der Waals surface area contributed by atoms with Crippen molar-refractivity contribution < 1.29 is 50.3 Å². The molecule has 0 atom stereocenters. The zero-order chi connectivity index (χ0) is 25.4. The van der Waals surface area contributed by atoms with Crippen molar-refractivity contribution in [2.45, 2.75) is 13.2 Å². The molecule has 0 aliphatic carbocycles. The van der Waals surface area contributed by atoms with E-state index in [2.05, 4.69) is 0 Å². The Kier molecular flexibility index (Phi) is 6.44. The molecule has 0 radical (unpaired) electrons. The Morgan fingerprint density at radius 3 is 2.28 bits per heavy atom. The zero-order valence-electron chi connectivity index (χ0n) is 18.7. The number of halogens is 5. The molecule has 12 heteroatoms. The number of nitrogens with zero attached hydrogens (tertiary/aromatic N) is 1. The molecule has 1 fully saturated rings. The lowest BCUT2D eigenvalue weighted by Gasteiger charge is -2.31. The molecule has 1 N–H and O–H groups in total. The van der Waals surface area contributed by atoms with E-state index >= 15 is 0 Å². The predicted molar refractivity (Wildman–Crippen MR) is 112 cm³/mol. The number of furan rings is 1. The maximum atomic E-state index is 13.8. The first kappa shape index (κ1) is 23.9. The second-order valence-electron chi connectivity index (χ2n) is 8.36. The number of hydrogen-bond donors (Lipinski definition) is 1. The maximum Gasteiger partial charge on any atom is 0.289 e. The molecule has 2 aromatic carbocycles. The van der Waals surface area contributed by atoms with Gasteiger partial charge in [-0.3, -0.25) is 4.79 Å². The van der Waals surface area contributed by atoms with Crippen LogP contribution in [0.2, 0.25) is 0 Å². The van der Waals surface area contributed by atoms with Crippen molar-refractivity contribution in [1.82, 2.24) is 4.90 Å². The van der Waals surface area contributed by atoms with Crippen LogP contribution in [0.4, 0.5) is 22.0 Å². The predicted octanol–water partition coefficient (Wildman–Crippen LogP) is 2.82. The Balaban J connectivity index is 1.16. The van der Waals surface area contributed by atoms with Gasteiger partial charge >= 0.3 is 0 Å². The van der Waals surface area contributed by atoms with Crippen molar-refractivity contribution in [3.8, 4) is 17.2 Å². The molecule has 0 spiro atoms. The minimum absolute atomic E-state index is 0.0191. The number of hydrogen-bond acceptors (Lipinski definition) is 5. The minimum Gasteiger partial charge on any atom is -0.479 e. The van der Waals surface area contributed by atoms with Crippen molar-refractivity contribution in [2.24, 2.45) is 0 Å². The van der Waals surface area contributed by atoms with Gasteiger partial charge in [0.05, 0.1) is 26.2 Å². The fourth-order valence-corrected chi connectivity index (χ4v) is 4.12. The highest BCUT2D eigenvalue weighted by atomic mass is 19.2. The van der Waals surface area contributed by atoms with Crippen LogP contribution in [0.25, 0.3) is 0 Å². The van der Waals surface area contributed by atoms with Crippen LogP contribution in [-0.2, 0) is 13.2 Å². The summed E-state index contributed by atoms with van der Waals surface area (Å²) in [5, 5.41) is 0. The van der Waals surface area contributed by atoms with E-state index < -0.39 is 41.4 Å². The van der Waals surface area contributed by atoms with Gasteiger partial charge in [-0.1, -0.05) is 0 Å². The summed E-state index contributed by atoms with van der Waals surface area (Å²) in [4.78, 5) is 15.7. The van der Waals surface area contributed by atoms with Crippen molar-refractivity contribution >= 4 is 5.91 Å². The van der Waals surface area contributed by atoms with Gasteiger partial charge in [0.1, 0.15) is 18.9 Å². The third-order valence-electron chi connectivity index (χ3n) is 6.05. The molecule has 1 saturated heterocycles. The Morgan fingerprint density at radius 1 is 0.889 bits per heavy atom. The van der Waals surface area contributed by atoms with E-state index in [-0.39, 0.29) is 24.2 Å². The second-order valence-corrected chi connectivity index (χ2v) is 8.36. The Bertz CT molecular complexity index is 1280. The molecule has 7 nitrogen and oxygen atoms in total. The Hall–Kier alpha value is -3.80. The van der Waals surface area contributed by atoms with Crippen LogP contribution in [-0.4, -0.2) is 43.8 Å². The van der Waals surface area contributed by atoms with Gasteiger partial charge in [-0.2, -0.15) is 8.78 Å². The molecule has 36 heavy (non-hydrogen) atoms. The van der Waals surface area contributed by atoms with E-state index in [4.69, 9.17) is 18.6 Å². The average molecular weight is 511 g/mol. The molecular weight excluding hydrogens is 491 g/mol. The number of rotatable bonds is 6. The van der Waals surface area contributed by atoms with Crippen molar-refractivity contribution in [1.29, 1.82) is 0 Å². The molecule has 3 heterocycles. The van der Waals surface area contributed by atoms with Crippen molar-refractivity contribution in [3.05, 3.63) is 76.5 Å². The topological polar surface area (TPSA) is 65.6 Å². The summed E-state index contributed by atoms with van der Waals surface area (Å²) in [5.41, 5.74) is 1.10. The summed E-state index contributed by atoms with van der Waals surface area (Å²) in [6, 6.07) is 8.51. The van der Waals surface area contributed by atoms with Crippen molar-refractivity contribution in [3.63, 3.8) is 0 Å². The average Bonchev–Trinajstić information content (AvgIpc) is 3.56. The quantitative estimate of drug-likeness (QED) is 0.313. The van der Waals surface area contributed by atoms with Crippen molar-refractivity contribution in [2.75, 3.05) is 33.0 Å². The maximum absolute atomic E-state index is 13.8. The number of quaternary nitrogens is 1. The number of amides is 1. The van der Waals surface area contributed by atoms with Gasteiger partial charge in [0.2, 0.25) is 35.9 Å². The number of carbonyl (C=O) groups excluding carboxylic acids is 1. The normalized spacial score (nSPS) is 15.4. The monoisotopic (exact) mass is 511 g/mol. The van der Waals surface area contributed by atoms with E-state index in [0.717, 1.165) is 23.6 Å². The number of carbonyl (C=O) groups is 1. The van der Waals surface area contributed by atoms with Crippen LogP contribution in [0.5, 0.6) is 17.2 Å². The number of fused-ring (bicyclic) bond motifs is 1. The molecule has 3 aromatic rings. The smallest absolute Gasteiger partial charge is 0.289 e. The second kappa shape index (κ2) is 9.69. The first-order chi connectivity index (χ1) is 17.3. The van der Waals surface area contributed by atoms with E-state index in [1.165, 1.54) is 17.0 Å². The van der Waals surface area contributed by atoms with E-state index in [0.29, 0.717) is 26.2 Å². The molecule has 1 amide bonds. The number of nitrogens with one attached hydrogen (secondary N) is 1. The largest absolute Gasteiger partial charge is 0.479 e. The molecule has 2 aliphatic rings. The lowest BCUT2D eigenvalue weighted by atomic mass is 10.1. The first-order valence-corrected chi connectivity index (χ1v) is 11.1. The fourth-order valence-electron chi connectivity index (χ4n) is 4.12. The summed E-state index contributed by atoms with van der Waals surface area (Å²) in [6.45, 7) is 2.71. The molecule has 5 rings (SSSR count). The minimum atomic E-state index is -2.28. The summed E-state index contributed by atoms with van der Waals surface area (Å²) < 4.78 is 88.2. The molecule has 1 aromatic heterocycles. The summed E-state index contributed by atoms with van der Waals surface area (Å²) in [6.07, 6.45) is 0. The van der Waals surface area contributed by atoms with Gasteiger partial charge in [-0.05, 0) is 30.3 Å². The van der Waals surface area contributed by atoms with Crippen LogP contribution in [0.15, 0.2) is 34.7 Å². The fraction of sp³-hybridized carbons (Fsp3) is 0.292. The summed E-state index contributed by atoms with van der Waals surface area (Å²) >= 11 is 0. The van der Waals surface area contributed by atoms with Crippen LogP contribution in [0.3, 0.4) is 0 Å². The lowest BCUT2D eigenvalue weighted by Crippen LogP contribution is -3.13. The molecule has 2 aliphatic heterocycles. The number of piperazine rings is 1. The van der Waals surface area contributed by atoms with E-state index in [9.17, 15) is 26.7 Å². The van der Waals surface area contributed by atoms with Crippen LogP contribution >= 0.6 is 0 Å². The van der Waals surface area contributed by atoms with Crippen LogP contribution in [0.1, 0.15) is 21.9 Å². The van der Waals surface area contributed by atoms with Gasteiger partial charge in [-0.15, -0.1) is 0 Å². The van der Waals surface area contributed by atoms with Gasteiger partial charge in [-0.25, -0.2) is 13.2 Å². The van der Waals surface area contributed by atoms with Crippen LogP contribution < -0.4 is 19.1 Å². The molecule has 0 saturated carbocycles. The summed E-state index contributed by atoms with van der Waals surface area (Å²) in [5.74, 6) is -11.1. The highest BCUT2D eigenvalue weighted by molar-refractivity contribution is 5.91. The number of benzene rings is 2. The van der Waals surface area contributed by atoms with Gasteiger partial charge in [0, 0.05) is 5.56 Å². The third-order valence-corrected chi connectivity index (χ3v) is 6.05. The van der Waals surface area contributed by atoms with Gasteiger partial charge < -0.3 is 28.4 Å². The zero-order valence-corrected chi connectivity index (χ0v) is 18.7. The Labute approximate surface area is 201 Å². The first-order valence-electron chi connectivity index (χ1n) is 11.1. The highest BCUT2D eigenvalue weighted by Gasteiger charge is 2.29. The van der Waals surface area contributed by atoms with Gasteiger partial charge in [0.25, 0.3) is 5.91 Å². The Morgan fingerprint density at radius 2 is 1.56 bits per heavy atom. The summed E-state index contributed by atoms with van der Waals surface area (Å²) in [7, 11) is 0. The molecule has 0 unspecified atom stereocenters.